The molecule has 0 saturated heterocycles. The summed E-state index contributed by atoms with van der Waals surface area (Å²) in [5.41, 5.74) is 8.69. The highest BCUT2D eigenvalue weighted by atomic mass is 16.5. The highest BCUT2D eigenvalue weighted by molar-refractivity contribution is 5.29. The predicted octanol–water partition coefficient (Wildman–Crippen LogP) is 2.61. The second-order valence-corrected chi connectivity index (χ2v) is 5.32. The van der Waals surface area contributed by atoms with Crippen LogP contribution < -0.4 is 10.5 Å². The van der Waals surface area contributed by atoms with Crippen molar-refractivity contribution in [2.24, 2.45) is 5.73 Å². The van der Waals surface area contributed by atoms with E-state index < -0.39 is 0 Å². The first kappa shape index (κ1) is 15.5. The van der Waals surface area contributed by atoms with Gasteiger partial charge in [-0.2, -0.15) is 0 Å². The molecule has 4 nitrogen and oxygen atoms in total. The number of rotatable bonds is 6. The van der Waals surface area contributed by atoms with E-state index in [0.29, 0.717) is 0 Å². The van der Waals surface area contributed by atoms with Gasteiger partial charge in [-0.25, -0.2) is 0 Å². The van der Waals surface area contributed by atoms with Gasteiger partial charge in [0.2, 0.25) is 0 Å². The van der Waals surface area contributed by atoms with Gasteiger partial charge in [-0.1, -0.05) is 18.2 Å². The average Bonchev–Trinajstić information content (AvgIpc) is 2.54. The molecule has 21 heavy (non-hydrogen) atoms. The standard InChI is InChI=1S/C17H23N3O/c1-13(20(2)12-14-5-4-10-19-11-14)17(18)15-6-8-16(21-3)9-7-15/h4-11,13,17H,12,18H2,1-3H3. The molecular formula is C17H23N3O. The summed E-state index contributed by atoms with van der Waals surface area (Å²) < 4.78 is 5.18. The van der Waals surface area contributed by atoms with Crippen LogP contribution in [0.5, 0.6) is 5.75 Å². The van der Waals surface area contributed by atoms with Crippen molar-refractivity contribution < 1.29 is 4.74 Å². The monoisotopic (exact) mass is 285 g/mol. The molecule has 2 aromatic rings. The van der Waals surface area contributed by atoms with E-state index >= 15 is 0 Å². The topological polar surface area (TPSA) is 51.4 Å². The molecule has 112 valence electrons. The number of nitrogens with two attached hydrogens (primary N) is 1. The Morgan fingerprint density at radius 3 is 2.52 bits per heavy atom. The number of benzene rings is 1. The van der Waals surface area contributed by atoms with Crippen LogP contribution in [0.2, 0.25) is 0 Å². The molecule has 0 saturated carbocycles. The van der Waals surface area contributed by atoms with Crippen LogP contribution in [-0.2, 0) is 6.54 Å². The number of nitrogens with zero attached hydrogens (tertiary/aromatic N) is 2. The van der Waals surface area contributed by atoms with E-state index in [9.17, 15) is 0 Å². The summed E-state index contributed by atoms with van der Waals surface area (Å²) in [6, 6.07) is 12.2. The molecule has 2 N–H and O–H groups in total. The molecule has 4 heteroatoms. The van der Waals surface area contributed by atoms with Crippen LogP contribution in [0.25, 0.3) is 0 Å². The van der Waals surface area contributed by atoms with Gasteiger partial charge in [0.25, 0.3) is 0 Å². The van der Waals surface area contributed by atoms with Gasteiger partial charge in [-0.05, 0) is 43.3 Å². The number of hydrogen-bond donors (Lipinski definition) is 1. The second-order valence-electron chi connectivity index (χ2n) is 5.32. The molecule has 0 aliphatic heterocycles. The van der Waals surface area contributed by atoms with E-state index in [1.807, 2.05) is 36.5 Å². The number of hydrogen-bond acceptors (Lipinski definition) is 4. The molecule has 1 aromatic carbocycles. The molecule has 2 atom stereocenters. The first-order chi connectivity index (χ1) is 10.1. The van der Waals surface area contributed by atoms with Gasteiger partial charge in [0, 0.05) is 31.0 Å². The van der Waals surface area contributed by atoms with Crippen molar-refractivity contribution in [2.45, 2.75) is 25.6 Å². The van der Waals surface area contributed by atoms with E-state index in [0.717, 1.165) is 17.9 Å². The number of aromatic nitrogens is 1. The van der Waals surface area contributed by atoms with E-state index in [1.54, 1.807) is 13.3 Å². The SMILES string of the molecule is COc1ccc(C(N)C(C)N(C)Cc2cccnc2)cc1. The van der Waals surface area contributed by atoms with Crippen molar-refractivity contribution in [3.63, 3.8) is 0 Å². The van der Waals surface area contributed by atoms with Gasteiger partial charge >= 0.3 is 0 Å². The Morgan fingerprint density at radius 1 is 1.24 bits per heavy atom. The molecule has 1 heterocycles. The van der Waals surface area contributed by atoms with E-state index in [-0.39, 0.29) is 12.1 Å². The lowest BCUT2D eigenvalue weighted by atomic mass is 10.00. The fourth-order valence-corrected chi connectivity index (χ4v) is 2.30. The third kappa shape index (κ3) is 4.03. The van der Waals surface area contributed by atoms with Crippen molar-refractivity contribution in [1.29, 1.82) is 0 Å². The molecule has 2 rings (SSSR count). The van der Waals surface area contributed by atoms with Gasteiger partial charge in [0.1, 0.15) is 5.75 Å². The number of pyridine rings is 1. The maximum atomic E-state index is 6.39. The molecule has 0 radical (unpaired) electrons. The smallest absolute Gasteiger partial charge is 0.118 e. The fourth-order valence-electron chi connectivity index (χ4n) is 2.30. The van der Waals surface area contributed by atoms with Crippen LogP contribution in [0.3, 0.4) is 0 Å². The minimum atomic E-state index is -0.0439. The second kappa shape index (κ2) is 7.20. The minimum absolute atomic E-state index is 0.0439. The van der Waals surface area contributed by atoms with Crippen molar-refractivity contribution in [1.82, 2.24) is 9.88 Å². The first-order valence-corrected chi connectivity index (χ1v) is 7.10. The Morgan fingerprint density at radius 2 is 1.95 bits per heavy atom. The van der Waals surface area contributed by atoms with Gasteiger partial charge in [-0.15, -0.1) is 0 Å². The van der Waals surface area contributed by atoms with Crippen LogP contribution >= 0.6 is 0 Å². The van der Waals surface area contributed by atoms with Crippen LogP contribution in [0.1, 0.15) is 24.1 Å². The highest BCUT2D eigenvalue weighted by Gasteiger charge is 2.19. The molecule has 0 bridgehead atoms. The number of likely N-dealkylation sites (N-methyl/N-ethyl adjacent to an activating group) is 1. The molecule has 0 fully saturated rings. The minimum Gasteiger partial charge on any atom is -0.497 e. The third-order valence-corrected chi connectivity index (χ3v) is 3.87. The fraction of sp³-hybridized carbons (Fsp3) is 0.353. The lowest BCUT2D eigenvalue weighted by Gasteiger charge is -2.30. The maximum absolute atomic E-state index is 6.39. The Balaban J connectivity index is 2.01. The van der Waals surface area contributed by atoms with E-state index in [1.165, 1.54) is 5.56 Å². The van der Waals surface area contributed by atoms with E-state index in [4.69, 9.17) is 10.5 Å². The van der Waals surface area contributed by atoms with Gasteiger partial charge in [0.15, 0.2) is 0 Å². The average molecular weight is 285 g/mol. The van der Waals surface area contributed by atoms with Gasteiger partial charge in [-0.3, -0.25) is 9.88 Å². The summed E-state index contributed by atoms with van der Waals surface area (Å²) in [5.74, 6) is 0.849. The summed E-state index contributed by atoms with van der Waals surface area (Å²) in [5, 5.41) is 0. The van der Waals surface area contributed by atoms with Crippen molar-refractivity contribution in [3.05, 3.63) is 59.9 Å². The number of ether oxygens (including phenoxy) is 1. The van der Waals surface area contributed by atoms with Crippen molar-refractivity contribution in [2.75, 3.05) is 14.2 Å². The summed E-state index contributed by atoms with van der Waals surface area (Å²) >= 11 is 0. The normalized spacial score (nSPS) is 14.0. The maximum Gasteiger partial charge on any atom is 0.118 e. The molecule has 2 unspecified atom stereocenters. The predicted molar refractivity (Wildman–Crippen MR) is 85.1 cm³/mol. The van der Waals surface area contributed by atoms with E-state index in [2.05, 4.69) is 29.9 Å². The largest absolute Gasteiger partial charge is 0.497 e. The summed E-state index contributed by atoms with van der Waals surface area (Å²) in [7, 11) is 3.75. The van der Waals surface area contributed by atoms with Crippen molar-refractivity contribution in [3.8, 4) is 5.75 Å². The van der Waals surface area contributed by atoms with Gasteiger partial charge in [0.05, 0.1) is 7.11 Å². The van der Waals surface area contributed by atoms with Crippen molar-refractivity contribution >= 4 is 0 Å². The first-order valence-electron chi connectivity index (χ1n) is 7.10. The Labute approximate surface area is 126 Å². The van der Waals surface area contributed by atoms with Crippen LogP contribution in [0.15, 0.2) is 48.8 Å². The zero-order valence-corrected chi connectivity index (χ0v) is 12.9. The lowest BCUT2D eigenvalue weighted by Crippen LogP contribution is -2.37. The third-order valence-electron chi connectivity index (χ3n) is 3.87. The molecule has 0 spiro atoms. The molecule has 0 aliphatic carbocycles. The van der Waals surface area contributed by atoms with Crippen LogP contribution in [0.4, 0.5) is 0 Å². The zero-order valence-electron chi connectivity index (χ0n) is 12.9. The lowest BCUT2D eigenvalue weighted by molar-refractivity contribution is 0.219. The molecular weight excluding hydrogens is 262 g/mol. The van der Waals surface area contributed by atoms with Gasteiger partial charge < -0.3 is 10.5 Å². The summed E-state index contributed by atoms with van der Waals surface area (Å²) in [4.78, 5) is 6.39. The summed E-state index contributed by atoms with van der Waals surface area (Å²) in [6.45, 7) is 2.98. The van der Waals surface area contributed by atoms with Crippen LogP contribution in [-0.4, -0.2) is 30.1 Å². The Kier molecular flexibility index (Phi) is 5.31. The Bertz CT molecular complexity index is 542. The quantitative estimate of drug-likeness (QED) is 0.886. The molecule has 1 aromatic heterocycles. The number of methoxy groups -OCH3 is 1. The Hall–Kier alpha value is -1.91. The molecule has 0 amide bonds. The summed E-state index contributed by atoms with van der Waals surface area (Å²) in [6.07, 6.45) is 3.68. The zero-order chi connectivity index (χ0) is 15.2. The molecule has 0 aliphatic rings. The van der Waals surface area contributed by atoms with Crippen LogP contribution in [0, 0.1) is 0 Å². The highest BCUT2D eigenvalue weighted by Crippen LogP contribution is 2.21.